The number of rotatable bonds is 7. The fraction of sp³-hybridized carbons (Fsp3) is 0.407. The van der Waals surface area contributed by atoms with Crippen LogP contribution in [0.4, 0.5) is 10.5 Å². The van der Waals surface area contributed by atoms with Crippen molar-refractivity contribution in [1.82, 2.24) is 10.2 Å². The predicted molar refractivity (Wildman–Crippen MR) is 136 cm³/mol. The molecule has 0 radical (unpaired) electrons. The molecule has 4 rings (SSSR count). The smallest absolute Gasteiger partial charge is 0.319 e. The molecule has 1 unspecified atom stereocenters. The Balaban J connectivity index is 1.39. The number of nitriles is 1. The van der Waals surface area contributed by atoms with Gasteiger partial charge in [-0.15, -0.1) is 0 Å². The van der Waals surface area contributed by atoms with Gasteiger partial charge in [0.15, 0.2) is 5.96 Å². The highest BCUT2D eigenvalue weighted by molar-refractivity contribution is 6.06. The zero-order valence-corrected chi connectivity index (χ0v) is 20.0. The molecule has 0 saturated heterocycles. The summed E-state index contributed by atoms with van der Waals surface area (Å²) in [5.74, 6) is 0.488. The number of aliphatic imine (C=N–C) groups is 1. The lowest BCUT2D eigenvalue weighted by molar-refractivity contribution is -0.131. The Hall–Kier alpha value is -3.86. The minimum Gasteiger partial charge on any atom is -0.369 e. The van der Waals surface area contributed by atoms with Gasteiger partial charge in [0, 0.05) is 18.8 Å². The zero-order chi connectivity index (χ0) is 24.8. The van der Waals surface area contributed by atoms with Gasteiger partial charge in [0.1, 0.15) is 5.54 Å². The third kappa shape index (κ3) is 5.80. The highest BCUT2D eigenvalue weighted by Gasteiger charge is 2.47. The number of hydrogen-bond donors (Lipinski definition) is 3. The van der Waals surface area contributed by atoms with Gasteiger partial charge < -0.3 is 16.4 Å². The van der Waals surface area contributed by atoms with Gasteiger partial charge in [0.25, 0.3) is 5.91 Å². The van der Waals surface area contributed by atoms with Crippen LogP contribution in [0.2, 0.25) is 0 Å². The molecule has 182 valence electrons. The van der Waals surface area contributed by atoms with Crippen LogP contribution in [0.1, 0.15) is 49.7 Å². The lowest BCUT2D eigenvalue weighted by Gasteiger charge is -2.34. The third-order valence-electron chi connectivity index (χ3n) is 7.06. The summed E-state index contributed by atoms with van der Waals surface area (Å²) in [6.45, 7) is 0. The number of guanidine groups is 1. The van der Waals surface area contributed by atoms with E-state index in [0.29, 0.717) is 24.1 Å². The fourth-order valence-corrected chi connectivity index (χ4v) is 5.22. The first-order valence-electron chi connectivity index (χ1n) is 12.1. The topological polar surface area (TPSA) is 124 Å². The molecular weight excluding hydrogens is 440 g/mol. The second kappa shape index (κ2) is 10.6. The SMILES string of the molecule is CN1C(=O)[C@@](CCc2ccccc2)(C[C@H]2CCCC(NC(=O)Nc3ccc(C#N)cc3)C2)N=C1N. The molecular formula is C27H32N6O2. The Labute approximate surface area is 206 Å². The van der Waals surface area contributed by atoms with Crippen LogP contribution in [0.5, 0.6) is 0 Å². The molecule has 8 nitrogen and oxygen atoms in total. The molecule has 4 N–H and O–H groups in total. The Morgan fingerprint density at radius 2 is 1.94 bits per heavy atom. The van der Waals surface area contributed by atoms with E-state index in [9.17, 15) is 9.59 Å². The van der Waals surface area contributed by atoms with Crippen molar-refractivity contribution < 1.29 is 9.59 Å². The van der Waals surface area contributed by atoms with Gasteiger partial charge in [0.05, 0.1) is 11.6 Å². The number of carbonyl (C=O) groups is 2. The number of nitrogens with two attached hydrogens (primary N) is 1. The third-order valence-corrected chi connectivity index (χ3v) is 7.06. The Morgan fingerprint density at radius 3 is 2.60 bits per heavy atom. The van der Waals surface area contributed by atoms with E-state index in [1.165, 1.54) is 10.5 Å². The lowest BCUT2D eigenvalue weighted by atomic mass is 9.75. The van der Waals surface area contributed by atoms with Crippen LogP contribution in [0.3, 0.4) is 0 Å². The molecule has 1 saturated carbocycles. The standard InChI is InChI=1S/C27H32N6O2/c1-33-24(34)27(32-25(33)29,15-14-19-6-3-2-4-7-19)17-21-8-5-9-23(16-21)31-26(35)30-22-12-10-20(18-28)11-13-22/h2-4,6-7,10-13,21,23H,5,8-9,14-17H2,1H3,(H2,29,32)(H2,30,31,35)/t21-,23?,27+/m0/s1. The molecule has 2 aliphatic rings. The summed E-state index contributed by atoms with van der Waals surface area (Å²) in [7, 11) is 1.68. The number of nitrogens with zero attached hydrogens (tertiary/aromatic N) is 3. The van der Waals surface area contributed by atoms with E-state index in [1.807, 2.05) is 18.2 Å². The average Bonchev–Trinajstić information content (AvgIpc) is 3.07. The molecule has 0 spiro atoms. The van der Waals surface area contributed by atoms with Crippen LogP contribution < -0.4 is 16.4 Å². The summed E-state index contributed by atoms with van der Waals surface area (Å²) >= 11 is 0. The van der Waals surface area contributed by atoms with Gasteiger partial charge >= 0.3 is 6.03 Å². The summed E-state index contributed by atoms with van der Waals surface area (Å²) in [6.07, 6.45) is 5.64. The van der Waals surface area contributed by atoms with Gasteiger partial charge in [-0.3, -0.25) is 9.69 Å². The van der Waals surface area contributed by atoms with E-state index in [0.717, 1.165) is 32.1 Å². The van der Waals surface area contributed by atoms with Crippen LogP contribution >= 0.6 is 0 Å². The number of carbonyl (C=O) groups excluding carboxylic acids is 2. The van der Waals surface area contributed by atoms with Crippen molar-refractivity contribution in [2.24, 2.45) is 16.6 Å². The molecule has 2 aromatic carbocycles. The van der Waals surface area contributed by atoms with Gasteiger partial charge in [-0.25, -0.2) is 9.79 Å². The highest BCUT2D eigenvalue weighted by Crippen LogP contribution is 2.38. The number of benzene rings is 2. The van der Waals surface area contributed by atoms with Gasteiger partial charge in [-0.1, -0.05) is 43.2 Å². The fourth-order valence-electron chi connectivity index (χ4n) is 5.22. The molecule has 1 heterocycles. The second-order valence-electron chi connectivity index (χ2n) is 9.57. The summed E-state index contributed by atoms with van der Waals surface area (Å²) in [5, 5.41) is 14.8. The predicted octanol–water partition coefficient (Wildman–Crippen LogP) is 3.79. The van der Waals surface area contributed by atoms with Crippen LogP contribution in [0.25, 0.3) is 0 Å². The number of hydrogen-bond acceptors (Lipinski definition) is 5. The molecule has 35 heavy (non-hydrogen) atoms. The maximum absolute atomic E-state index is 13.3. The van der Waals surface area contributed by atoms with E-state index < -0.39 is 5.54 Å². The highest BCUT2D eigenvalue weighted by atomic mass is 16.2. The first-order chi connectivity index (χ1) is 16.9. The van der Waals surface area contributed by atoms with Gasteiger partial charge in [0.2, 0.25) is 0 Å². The van der Waals surface area contributed by atoms with Gasteiger partial charge in [-0.2, -0.15) is 5.26 Å². The summed E-state index contributed by atoms with van der Waals surface area (Å²) in [4.78, 5) is 32.0. The molecule has 1 aliphatic heterocycles. The van der Waals surface area contributed by atoms with Crippen molar-refractivity contribution in [2.75, 3.05) is 12.4 Å². The maximum atomic E-state index is 13.3. The van der Waals surface area contributed by atoms with E-state index >= 15 is 0 Å². The van der Waals surface area contributed by atoms with E-state index in [4.69, 9.17) is 16.0 Å². The largest absolute Gasteiger partial charge is 0.369 e. The Morgan fingerprint density at radius 1 is 1.20 bits per heavy atom. The van der Waals surface area contributed by atoms with Crippen molar-refractivity contribution in [2.45, 2.75) is 56.5 Å². The first kappa shape index (κ1) is 24.3. The van der Waals surface area contributed by atoms with Crippen molar-refractivity contribution in [3.8, 4) is 6.07 Å². The van der Waals surface area contributed by atoms with Crippen LogP contribution in [0, 0.1) is 17.2 Å². The number of amides is 3. The molecule has 2 aromatic rings. The van der Waals surface area contributed by atoms with Crippen LogP contribution in [0.15, 0.2) is 59.6 Å². The second-order valence-corrected chi connectivity index (χ2v) is 9.57. The normalized spacial score (nSPS) is 23.9. The van der Waals surface area contributed by atoms with E-state index in [1.54, 1.807) is 31.3 Å². The van der Waals surface area contributed by atoms with E-state index in [-0.39, 0.29) is 29.9 Å². The molecule has 3 atom stereocenters. The molecule has 3 amide bonds. The number of likely N-dealkylation sites (N-methyl/N-ethyl adjacent to an activating group) is 1. The summed E-state index contributed by atoms with van der Waals surface area (Å²) in [5.41, 5.74) is 7.57. The maximum Gasteiger partial charge on any atom is 0.319 e. The van der Waals surface area contributed by atoms with Crippen molar-refractivity contribution >= 4 is 23.6 Å². The van der Waals surface area contributed by atoms with Crippen LogP contribution in [-0.2, 0) is 11.2 Å². The molecule has 1 aliphatic carbocycles. The summed E-state index contributed by atoms with van der Waals surface area (Å²) in [6, 6.07) is 18.7. The number of nitrogens with one attached hydrogen (secondary N) is 2. The van der Waals surface area contributed by atoms with E-state index in [2.05, 4.69) is 28.8 Å². The number of anilines is 1. The minimum absolute atomic E-state index is 0.0221. The summed E-state index contributed by atoms with van der Waals surface area (Å²) < 4.78 is 0. The number of aryl methyl sites for hydroxylation is 1. The zero-order valence-electron chi connectivity index (χ0n) is 20.0. The van der Waals surface area contributed by atoms with Crippen molar-refractivity contribution in [3.05, 3.63) is 65.7 Å². The van der Waals surface area contributed by atoms with Crippen LogP contribution in [-0.4, -0.2) is 41.4 Å². The monoisotopic (exact) mass is 472 g/mol. The number of urea groups is 1. The van der Waals surface area contributed by atoms with Crippen molar-refractivity contribution in [1.29, 1.82) is 5.26 Å². The lowest BCUT2D eigenvalue weighted by Crippen LogP contribution is -2.45. The molecule has 0 aromatic heterocycles. The Kier molecular flexibility index (Phi) is 7.35. The average molecular weight is 473 g/mol. The van der Waals surface area contributed by atoms with Crippen molar-refractivity contribution in [3.63, 3.8) is 0 Å². The minimum atomic E-state index is -0.855. The molecule has 8 heteroatoms. The first-order valence-corrected chi connectivity index (χ1v) is 12.1. The molecule has 1 fully saturated rings. The Bertz CT molecular complexity index is 1120. The molecule has 0 bridgehead atoms. The van der Waals surface area contributed by atoms with Gasteiger partial charge in [-0.05, 0) is 67.9 Å². The quantitative estimate of drug-likeness (QED) is 0.567.